The summed E-state index contributed by atoms with van der Waals surface area (Å²) in [7, 11) is 1.44. The molecule has 8 heteroatoms. The average Bonchev–Trinajstić information content (AvgIpc) is 2.60. The predicted octanol–water partition coefficient (Wildman–Crippen LogP) is 2.01. The molecule has 0 radical (unpaired) electrons. The third-order valence-corrected chi connectivity index (χ3v) is 4.04. The van der Waals surface area contributed by atoms with Gasteiger partial charge in [0.1, 0.15) is 0 Å². The van der Waals surface area contributed by atoms with E-state index < -0.39 is 11.2 Å². The summed E-state index contributed by atoms with van der Waals surface area (Å²) >= 11 is 5.88. The Kier molecular flexibility index (Phi) is 4.44. The topological polar surface area (TPSA) is 82.7 Å². The molecule has 0 aliphatic heterocycles. The van der Waals surface area contributed by atoms with Gasteiger partial charge in [0.2, 0.25) is 0 Å². The number of rotatable bonds is 4. The van der Waals surface area contributed by atoms with Gasteiger partial charge in [-0.2, -0.15) is 0 Å². The average molecular weight is 346 g/mol. The van der Waals surface area contributed by atoms with Gasteiger partial charge in [-0.1, -0.05) is 24.9 Å². The first kappa shape index (κ1) is 16.3. The Bertz CT molecular complexity index is 1010. The lowest BCUT2D eigenvalue weighted by atomic mass is 10.2. The molecule has 3 rings (SSSR count). The second-order valence-electron chi connectivity index (χ2n) is 5.47. The Morgan fingerprint density at radius 2 is 1.83 bits per heavy atom. The first-order valence-electron chi connectivity index (χ1n) is 7.63. The molecule has 0 spiro atoms. The van der Waals surface area contributed by atoms with Crippen molar-refractivity contribution in [1.82, 2.24) is 24.3 Å². The van der Waals surface area contributed by atoms with E-state index >= 15 is 0 Å². The van der Waals surface area contributed by atoms with Crippen molar-refractivity contribution in [2.45, 2.75) is 26.3 Å². The van der Waals surface area contributed by atoms with Crippen LogP contribution in [0, 0.1) is 0 Å². The van der Waals surface area contributed by atoms with E-state index in [0.29, 0.717) is 23.0 Å². The van der Waals surface area contributed by atoms with Crippen molar-refractivity contribution in [2.75, 3.05) is 0 Å². The van der Waals surface area contributed by atoms with Gasteiger partial charge in [-0.15, -0.1) is 10.2 Å². The van der Waals surface area contributed by atoms with Gasteiger partial charge in [-0.25, -0.2) is 9.78 Å². The van der Waals surface area contributed by atoms with Crippen molar-refractivity contribution in [2.24, 2.45) is 7.05 Å². The van der Waals surface area contributed by atoms with Crippen LogP contribution in [0.1, 0.15) is 19.8 Å². The fraction of sp³-hybridized carbons (Fsp3) is 0.312. The van der Waals surface area contributed by atoms with E-state index in [-0.39, 0.29) is 11.2 Å². The van der Waals surface area contributed by atoms with Crippen molar-refractivity contribution in [3.63, 3.8) is 0 Å². The maximum atomic E-state index is 12.4. The molecule has 0 aliphatic rings. The quantitative estimate of drug-likeness (QED) is 0.722. The molecule has 124 valence electrons. The summed E-state index contributed by atoms with van der Waals surface area (Å²) < 4.78 is 2.50. The maximum absolute atomic E-state index is 12.4. The molecule has 0 bridgehead atoms. The van der Waals surface area contributed by atoms with Gasteiger partial charge in [0.15, 0.2) is 17.0 Å². The first-order chi connectivity index (χ1) is 11.5. The molecule has 0 aliphatic carbocycles. The van der Waals surface area contributed by atoms with E-state index in [4.69, 9.17) is 11.6 Å². The van der Waals surface area contributed by atoms with Gasteiger partial charge in [-0.3, -0.25) is 13.9 Å². The van der Waals surface area contributed by atoms with E-state index in [1.807, 2.05) is 6.92 Å². The number of halogens is 1. The molecule has 0 atom stereocenters. The van der Waals surface area contributed by atoms with Gasteiger partial charge in [0.05, 0.1) is 0 Å². The third-order valence-electron chi connectivity index (χ3n) is 3.79. The molecule has 0 unspecified atom stereocenters. The fourth-order valence-electron chi connectivity index (χ4n) is 2.40. The number of unbranched alkanes of at least 4 members (excludes halogenated alkanes) is 1. The molecule has 0 saturated heterocycles. The Balaban J connectivity index is 2.24. The summed E-state index contributed by atoms with van der Waals surface area (Å²) in [5, 5.41) is 8.77. The van der Waals surface area contributed by atoms with E-state index in [2.05, 4.69) is 15.2 Å². The minimum absolute atomic E-state index is 0.133. The van der Waals surface area contributed by atoms with Crippen LogP contribution in [0.25, 0.3) is 22.6 Å². The predicted molar refractivity (Wildman–Crippen MR) is 92.2 cm³/mol. The van der Waals surface area contributed by atoms with Crippen LogP contribution in [0.5, 0.6) is 0 Å². The zero-order valence-corrected chi connectivity index (χ0v) is 14.1. The van der Waals surface area contributed by atoms with Crippen LogP contribution in [0.2, 0.25) is 5.02 Å². The molecule has 2 heterocycles. The zero-order chi connectivity index (χ0) is 17.3. The highest BCUT2D eigenvalue weighted by Gasteiger charge is 2.15. The molecule has 0 N–H and O–H groups in total. The Labute approximate surface area is 142 Å². The summed E-state index contributed by atoms with van der Waals surface area (Å²) in [6.45, 7) is 2.49. The standard InChI is InChI=1S/C16H16ClN5O2/c1-3-4-9-22-14-12(15(23)21(2)16(22)24)18-13(19-20-14)10-5-7-11(17)8-6-10/h5-8H,3-4,9H2,1-2H3. The molecular formula is C16H16ClN5O2. The summed E-state index contributed by atoms with van der Waals surface area (Å²) in [5.41, 5.74) is 0.161. The van der Waals surface area contributed by atoms with Crippen molar-refractivity contribution in [3.8, 4) is 11.4 Å². The van der Waals surface area contributed by atoms with Gasteiger partial charge in [-0.05, 0) is 30.7 Å². The summed E-state index contributed by atoms with van der Waals surface area (Å²) in [5.74, 6) is 0.317. The largest absolute Gasteiger partial charge is 0.332 e. The molecule has 1 aromatic carbocycles. The number of aromatic nitrogens is 5. The SMILES string of the molecule is CCCCn1c(=O)n(C)c(=O)c2nc(-c3ccc(Cl)cc3)nnc21. The fourth-order valence-corrected chi connectivity index (χ4v) is 2.53. The normalized spacial score (nSPS) is 11.1. The van der Waals surface area contributed by atoms with Crippen LogP contribution in [0.15, 0.2) is 33.9 Å². The molecule has 0 amide bonds. The Morgan fingerprint density at radius 3 is 2.50 bits per heavy atom. The van der Waals surface area contributed by atoms with Gasteiger partial charge in [0, 0.05) is 24.2 Å². The lowest BCUT2D eigenvalue weighted by molar-refractivity contribution is 0.579. The Hall–Kier alpha value is -2.54. The van der Waals surface area contributed by atoms with Crippen LogP contribution < -0.4 is 11.2 Å². The van der Waals surface area contributed by atoms with Crippen LogP contribution in [0.3, 0.4) is 0 Å². The van der Waals surface area contributed by atoms with Crippen LogP contribution in [-0.4, -0.2) is 24.3 Å². The highest BCUT2D eigenvalue weighted by molar-refractivity contribution is 6.30. The monoisotopic (exact) mass is 345 g/mol. The maximum Gasteiger partial charge on any atom is 0.332 e. The van der Waals surface area contributed by atoms with Gasteiger partial charge in [0.25, 0.3) is 5.56 Å². The van der Waals surface area contributed by atoms with Gasteiger partial charge < -0.3 is 0 Å². The van der Waals surface area contributed by atoms with E-state index in [1.165, 1.54) is 11.6 Å². The molecular weight excluding hydrogens is 330 g/mol. The van der Waals surface area contributed by atoms with Crippen molar-refractivity contribution in [3.05, 3.63) is 50.1 Å². The number of aryl methyl sites for hydroxylation is 1. The lowest BCUT2D eigenvalue weighted by Crippen LogP contribution is -2.39. The van der Waals surface area contributed by atoms with Crippen molar-refractivity contribution < 1.29 is 0 Å². The summed E-state index contributed by atoms with van der Waals surface area (Å²) in [6, 6.07) is 6.93. The molecule has 7 nitrogen and oxygen atoms in total. The number of hydrogen-bond acceptors (Lipinski definition) is 5. The van der Waals surface area contributed by atoms with E-state index in [0.717, 1.165) is 17.4 Å². The highest BCUT2D eigenvalue weighted by Crippen LogP contribution is 2.18. The van der Waals surface area contributed by atoms with Crippen molar-refractivity contribution in [1.29, 1.82) is 0 Å². The highest BCUT2D eigenvalue weighted by atomic mass is 35.5. The molecule has 0 fully saturated rings. The number of benzene rings is 1. The van der Waals surface area contributed by atoms with Crippen LogP contribution >= 0.6 is 11.6 Å². The van der Waals surface area contributed by atoms with Crippen LogP contribution in [-0.2, 0) is 13.6 Å². The molecule has 3 aromatic rings. The lowest BCUT2D eigenvalue weighted by Gasteiger charge is -2.10. The third kappa shape index (κ3) is 2.82. The van der Waals surface area contributed by atoms with E-state index in [9.17, 15) is 9.59 Å². The summed E-state index contributed by atoms with van der Waals surface area (Å²) in [6.07, 6.45) is 1.72. The second kappa shape index (κ2) is 6.52. The number of hydrogen-bond donors (Lipinski definition) is 0. The van der Waals surface area contributed by atoms with Crippen molar-refractivity contribution >= 4 is 22.8 Å². The second-order valence-corrected chi connectivity index (χ2v) is 5.90. The number of fused-ring (bicyclic) bond motifs is 1. The summed E-state index contributed by atoms with van der Waals surface area (Å²) in [4.78, 5) is 29.1. The zero-order valence-electron chi connectivity index (χ0n) is 13.4. The minimum Gasteiger partial charge on any atom is -0.275 e. The van der Waals surface area contributed by atoms with Crippen LogP contribution in [0.4, 0.5) is 0 Å². The minimum atomic E-state index is -0.479. The Morgan fingerprint density at radius 1 is 1.12 bits per heavy atom. The number of nitrogens with zero attached hydrogens (tertiary/aromatic N) is 5. The molecule has 0 saturated carbocycles. The van der Waals surface area contributed by atoms with E-state index in [1.54, 1.807) is 24.3 Å². The smallest absolute Gasteiger partial charge is 0.275 e. The molecule has 24 heavy (non-hydrogen) atoms. The first-order valence-corrected chi connectivity index (χ1v) is 8.01. The van der Waals surface area contributed by atoms with Gasteiger partial charge >= 0.3 is 5.69 Å². The molecule has 2 aromatic heterocycles.